The van der Waals surface area contributed by atoms with Crippen LogP contribution in [0.3, 0.4) is 0 Å². The summed E-state index contributed by atoms with van der Waals surface area (Å²) in [5.74, 6) is -0.746. The molecule has 4 nitrogen and oxygen atoms in total. The SMILES string of the molecule is CC1Nc2cc(F)ccc2N(C(C)C(=O)c2ccccc2)C1=O. The summed E-state index contributed by atoms with van der Waals surface area (Å²) < 4.78 is 13.5. The maximum atomic E-state index is 13.5. The number of hydrogen-bond acceptors (Lipinski definition) is 3. The van der Waals surface area contributed by atoms with E-state index in [2.05, 4.69) is 5.32 Å². The third-order valence-corrected chi connectivity index (χ3v) is 4.02. The van der Waals surface area contributed by atoms with E-state index in [1.807, 2.05) is 6.07 Å². The van der Waals surface area contributed by atoms with Crippen LogP contribution < -0.4 is 10.2 Å². The van der Waals surface area contributed by atoms with Gasteiger partial charge >= 0.3 is 0 Å². The lowest BCUT2D eigenvalue weighted by molar-refractivity contribution is -0.119. The summed E-state index contributed by atoms with van der Waals surface area (Å²) in [6, 6.07) is 11.8. The first kappa shape index (κ1) is 15.2. The molecule has 5 heteroatoms. The molecule has 118 valence electrons. The van der Waals surface area contributed by atoms with Crippen LogP contribution in [-0.2, 0) is 4.79 Å². The van der Waals surface area contributed by atoms with E-state index in [9.17, 15) is 14.0 Å². The molecular formula is C18H17FN2O2. The van der Waals surface area contributed by atoms with Crippen LogP contribution in [0.15, 0.2) is 48.5 Å². The van der Waals surface area contributed by atoms with Gasteiger partial charge in [-0.3, -0.25) is 14.5 Å². The summed E-state index contributed by atoms with van der Waals surface area (Å²) in [6.45, 7) is 3.39. The van der Waals surface area contributed by atoms with Crippen molar-refractivity contribution in [3.63, 3.8) is 0 Å². The summed E-state index contributed by atoms with van der Waals surface area (Å²) in [6.07, 6.45) is 0. The summed E-state index contributed by atoms with van der Waals surface area (Å²) in [7, 11) is 0. The van der Waals surface area contributed by atoms with Crippen LogP contribution >= 0.6 is 0 Å². The molecule has 3 rings (SSSR count). The number of rotatable bonds is 3. The molecule has 0 fully saturated rings. The molecule has 2 unspecified atom stereocenters. The van der Waals surface area contributed by atoms with Crippen LogP contribution in [0.1, 0.15) is 24.2 Å². The highest BCUT2D eigenvalue weighted by atomic mass is 19.1. The Hall–Kier alpha value is -2.69. The van der Waals surface area contributed by atoms with E-state index in [4.69, 9.17) is 0 Å². The van der Waals surface area contributed by atoms with Gasteiger partial charge in [-0.2, -0.15) is 0 Å². The van der Waals surface area contributed by atoms with Crippen LogP contribution in [0.4, 0.5) is 15.8 Å². The van der Waals surface area contributed by atoms with E-state index in [1.165, 1.54) is 23.1 Å². The zero-order valence-corrected chi connectivity index (χ0v) is 12.9. The van der Waals surface area contributed by atoms with Crippen molar-refractivity contribution in [2.24, 2.45) is 0 Å². The Labute approximate surface area is 133 Å². The largest absolute Gasteiger partial charge is 0.372 e. The van der Waals surface area contributed by atoms with Gasteiger partial charge in [0.25, 0.3) is 0 Å². The van der Waals surface area contributed by atoms with Crippen molar-refractivity contribution in [1.82, 2.24) is 0 Å². The van der Waals surface area contributed by atoms with Gasteiger partial charge in [0.15, 0.2) is 5.78 Å². The second-order valence-corrected chi connectivity index (χ2v) is 5.64. The summed E-state index contributed by atoms with van der Waals surface area (Å²) in [4.78, 5) is 26.7. The fraction of sp³-hybridized carbons (Fsp3) is 0.222. The molecule has 0 aromatic heterocycles. The number of nitrogens with zero attached hydrogens (tertiary/aromatic N) is 1. The second-order valence-electron chi connectivity index (χ2n) is 5.64. The molecule has 1 aliphatic rings. The van der Waals surface area contributed by atoms with E-state index >= 15 is 0 Å². The second kappa shape index (κ2) is 5.83. The molecule has 0 bridgehead atoms. The molecule has 1 amide bonds. The van der Waals surface area contributed by atoms with Crippen molar-refractivity contribution < 1.29 is 14.0 Å². The summed E-state index contributed by atoms with van der Waals surface area (Å²) in [5, 5.41) is 2.97. The fourth-order valence-electron chi connectivity index (χ4n) is 2.82. The number of hydrogen-bond donors (Lipinski definition) is 1. The average molecular weight is 312 g/mol. The number of nitrogens with one attached hydrogen (secondary N) is 1. The van der Waals surface area contributed by atoms with Crippen LogP contribution in [0.5, 0.6) is 0 Å². The number of carbonyl (C=O) groups excluding carboxylic acids is 2. The van der Waals surface area contributed by atoms with E-state index < -0.39 is 12.1 Å². The highest BCUT2D eigenvalue weighted by molar-refractivity contribution is 6.12. The zero-order valence-electron chi connectivity index (χ0n) is 12.9. The molecule has 2 aromatic rings. The van der Waals surface area contributed by atoms with E-state index in [0.29, 0.717) is 16.9 Å². The average Bonchev–Trinajstić information content (AvgIpc) is 2.56. The highest BCUT2D eigenvalue weighted by Crippen LogP contribution is 2.34. The Bertz CT molecular complexity index is 761. The zero-order chi connectivity index (χ0) is 16.6. The Morgan fingerprint density at radius 2 is 1.91 bits per heavy atom. The molecule has 1 N–H and O–H groups in total. The van der Waals surface area contributed by atoms with E-state index in [1.54, 1.807) is 38.1 Å². The lowest BCUT2D eigenvalue weighted by atomic mass is 10.0. The Morgan fingerprint density at radius 1 is 1.22 bits per heavy atom. The standard InChI is InChI=1S/C18H17FN2O2/c1-11-18(23)21(16-9-8-14(19)10-15(16)20-11)12(2)17(22)13-6-4-3-5-7-13/h3-12,20H,1-2H3. The van der Waals surface area contributed by atoms with Crippen LogP contribution in [0.2, 0.25) is 0 Å². The number of fused-ring (bicyclic) bond motifs is 1. The van der Waals surface area contributed by atoms with Crippen LogP contribution in [-0.4, -0.2) is 23.8 Å². The van der Waals surface area contributed by atoms with Crippen molar-refractivity contribution in [1.29, 1.82) is 0 Å². The van der Waals surface area contributed by atoms with Crippen molar-refractivity contribution in [2.75, 3.05) is 10.2 Å². The number of anilines is 2. The summed E-state index contributed by atoms with van der Waals surface area (Å²) >= 11 is 0. The van der Waals surface area contributed by atoms with Gasteiger partial charge in [0.2, 0.25) is 5.91 Å². The molecule has 2 atom stereocenters. The van der Waals surface area contributed by atoms with Crippen molar-refractivity contribution >= 4 is 23.1 Å². The van der Waals surface area contributed by atoms with Gasteiger partial charge in [0.05, 0.1) is 17.4 Å². The molecular weight excluding hydrogens is 295 g/mol. The van der Waals surface area contributed by atoms with Crippen LogP contribution in [0.25, 0.3) is 0 Å². The third kappa shape index (κ3) is 2.70. The first-order valence-electron chi connectivity index (χ1n) is 7.47. The quantitative estimate of drug-likeness (QED) is 0.885. The first-order chi connectivity index (χ1) is 11.0. The number of benzene rings is 2. The Kier molecular flexibility index (Phi) is 3.86. The fourth-order valence-corrected chi connectivity index (χ4v) is 2.82. The van der Waals surface area contributed by atoms with Crippen molar-refractivity contribution in [3.05, 3.63) is 59.9 Å². The highest BCUT2D eigenvalue weighted by Gasteiger charge is 2.35. The van der Waals surface area contributed by atoms with Gasteiger partial charge in [-0.05, 0) is 32.0 Å². The normalized spacial score (nSPS) is 18.1. The molecule has 1 aliphatic heterocycles. The molecule has 0 aliphatic carbocycles. The maximum Gasteiger partial charge on any atom is 0.249 e. The number of carbonyl (C=O) groups is 2. The minimum atomic E-state index is -0.668. The van der Waals surface area contributed by atoms with Gasteiger partial charge in [0.1, 0.15) is 11.9 Å². The minimum absolute atomic E-state index is 0.150. The number of Topliss-reactive ketones (excluding diaryl/α,β-unsaturated/α-hetero) is 1. The van der Waals surface area contributed by atoms with Gasteiger partial charge in [0, 0.05) is 5.56 Å². The van der Waals surface area contributed by atoms with Crippen molar-refractivity contribution in [3.8, 4) is 0 Å². The molecule has 0 radical (unpaired) electrons. The molecule has 23 heavy (non-hydrogen) atoms. The van der Waals surface area contributed by atoms with Gasteiger partial charge < -0.3 is 5.32 Å². The number of amides is 1. The predicted molar refractivity (Wildman–Crippen MR) is 87.2 cm³/mol. The molecule has 0 saturated carbocycles. The predicted octanol–water partition coefficient (Wildman–Crippen LogP) is 3.24. The minimum Gasteiger partial charge on any atom is -0.372 e. The maximum absolute atomic E-state index is 13.5. The van der Waals surface area contributed by atoms with Crippen molar-refractivity contribution in [2.45, 2.75) is 25.9 Å². The monoisotopic (exact) mass is 312 g/mol. The lowest BCUT2D eigenvalue weighted by Crippen LogP contribution is -2.52. The molecule has 0 spiro atoms. The Balaban J connectivity index is 2.01. The van der Waals surface area contributed by atoms with E-state index in [-0.39, 0.29) is 17.5 Å². The number of halogens is 1. The third-order valence-electron chi connectivity index (χ3n) is 4.02. The first-order valence-corrected chi connectivity index (χ1v) is 7.47. The van der Waals surface area contributed by atoms with Gasteiger partial charge in [-0.15, -0.1) is 0 Å². The van der Waals surface area contributed by atoms with Gasteiger partial charge in [-0.25, -0.2) is 4.39 Å². The smallest absolute Gasteiger partial charge is 0.249 e. The number of ketones is 1. The summed E-state index contributed by atoms with van der Waals surface area (Å²) in [5.41, 5.74) is 1.58. The molecule has 1 heterocycles. The molecule has 0 saturated heterocycles. The molecule has 2 aromatic carbocycles. The van der Waals surface area contributed by atoms with Gasteiger partial charge in [-0.1, -0.05) is 30.3 Å². The topological polar surface area (TPSA) is 49.4 Å². The lowest BCUT2D eigenvalue weighted by Gasteiger charge is -2.37. The van der Waals surface area contributed by atoms with E-state index in [0.717, 1.165) is 0 Å². The van der Waals surface area contributed by atoms with Crippen LogP contribution in [0, 0.1) is 5.82 Å². The Morgan fingerprint density at radius 3 is 2.61 bits per heavy atom.